The highest BCUT2D eigenvalue weighted by molar-refractivity contribution is 7.10. The van der Waals surface area contributed by atoms with Crippen molar-refractivity contribution >= 4 is 44.2 Å². The smallest absolute Gasteiger partial charge is 0.00102 e. The van der Waals surface area contributed by atoms with E-state index < -0.39 is 0 Å². The molecule has 0 nitrogen and oxygen atoms in total. The third-order valence-corrected chi connectivity index (χ3v) is 3.64. The number of benzene rings is 1. The lowest BCUT2D eigenvalue weighted by molar-refractivity contribution is 1.99. The summed E-state index contributed by atoms with van der Waals surface area (Å²) in [4.78, 5) is 0. The Balaban J connectivity index is 2.71. The summed E-state index contributed by atoms with van der Waals surface area (Å²) in [5, 5.41) is 14.4. The molecule has 0 atom stereocenters. The molecule has 0 saturated carbocycles. The Labute approximate surface area is 78.1 Å². The number of hydrogen-bond acceptors (Lipinski definition) is 2. The second-order valence-electron chi connectivity index (χ2n) is 2.81. The van der Waals surface area contributed by atoms with Gasteiger partial charge in [-0.1, -0.05) is 12.1 Å². The fourth-order valence-corrected chi connectivity index (χ4v) is 3.13. The van der Waals surface area contributed by atoms with Crippen LogP contribution in [0.25, 0.3) is 21.5 Å². The minimum atomic E-state index is 1.37. The molecule has 0 fully saturated rings. The van der Waals surface area contributed by atoms with Crippen LogP contribution >= 0.6 is 22.7 Å². The Kier molecular flexibility index (Phi) is 1.28. The van der Waals surface area contributed by atoms with E-state index in [1.54, 1.807) is 22.7 Å². The van der Waals surface area contributed by atoms with Crippen molar-refractivity contribution in [3.05, 3.63) is 33.7 Å². The predicted octanol–water partition coefficient (Wildman–Crippen LogP) is 4.12. The van der Waals surface area contributed by atoms with E-state index in [0.29, 0.717) is 0 Å². The number of thiophene rings is 2. The third kappa shape index (κ3) is 0.765. The van der Waals surface area contributed by atoms with Gasteiger partial charge in [0.2, 0.25) is 0 Å². The van der Waals surface area contributed by atoms with Gasteiger partial charge in [-0.25, -0.2) is 0 Å². The van der Waals surface area contributed by atoms with Crippen molar-refractivity contribution in [2.45, 2.75) is 0 Å². The van der Waals surface area contributed by atoms with Gasteiger partial charge in [-0.15, -0.1) is 0 Å². The van der Waals surface area contributed by atoms with Crippen LogP contribution in [0.5, 0.6) is 0 Å². The normalized spacial score (nSPS) is 11.3. The maximum Gasteiger partial charge on any atom is 0.00102 e. The van der Waals surface area contributed by atoms with E-state index in [1.807, 2.05) is 0 Å². The molecule has 12 heavy (non-hydrogen) atoms. The molecule has 0 aliphatic rings. The van der Waals surface area contributed by atoms with E-state index in [2.05, 4.69) is 33.7 Å². The predicted molar refractivity (Wildman–Crippen MR) is 57.2 cm³/mol. The van der Waals surface area contributed by atoms with Crippen LogP contribution in [0.4, 0.5) is 0 Å². The number of fused-ring (bicyclic) bond motifs is 3. The van der Waals surface area contributed by atoms with Gasteiger partial charge in [-0.05, 0) is 32.3 Å². The molecule has 0 N–H and O–H groups in total. The van der Waals surface area contributed by atoms with E-state index in [4.69, 9.17) is 0 Å². The first-order chi connectivity index (χ1) is 5.95. The molecule has 0 unspecified atom stereocenters. The lowest BCUT2D eigenvalue weighted by Gasteiger charge is -1.90. The Bertz CT molecular complexity index is 481. The fraction of sp³-hybridized carbons (Fsp3) is 0. The van der Waals surface area contributed by atoms with Crippen LogP contribution in [0.1, 0.15) is 0 Å². The largest absolute Gasteiger partial charge is 0.151 e. The Morgan fingerprint density at radius 2 is 1.17 bits per heavy atom. The highest BCUT2D eigenvalue weighted by Crippen LogP contribution is 2.30. The maximum atomic E-state index is 2.23. The summed E-state index contributed by atoms with van der Waals surface area (Å²) in [7, 11) is 0. The third-order valence-electron chi connectivity index (χ3n) is 2.12. The van der Waals surface area contributed by atoms with E-state index in [9.17, 15) is 0 Å². The molecule has 0 amide bonds. The molecular weight excluding hydrogens is 184 g/mol. The van der Waals surface area contributed by atoms with Crippen molar-refractivity contribution in [3.63, 3.8) is 0 Å². The molecule has 0 aliphatic heterocycles. The van der Waals surface area contributed by atoms with Crippen LogP contribution in [0.15, 0.2) is 33.7 Å². The summed E-state index contributed by atoms with van der Waals surface area (Å²) < 4.78 is 0. The van der Waals surface area contributed by atoms with E-state index in [-0.39, 0.29) is 0 Å². The second-order valence-corrected chi connectivity index (χ2v) is 4.30. The van der Waals surface area contributed by atoms with Crippen LogP contribution < -0.4 is 0 Å². The molecule has 0 saturated heterocycles. The summed E-state index contributed by atoms with van der Waals surface area (Å²) in [6.45, 7) is 0. The Morgan fingerprint density at radius 3 is 1.67 bits per heavy atom. The first-order valence-electron chi connectivity index (χ1n) is 3.76. The van der Waals surface area contributed by atoms with Crippen LogP contribution in [0.2, 0.25) is 0 Å². The van der Waals surface area contributed by atoms with Crippen molar-refractivity contribution in [2.24, 2.45) is 0 Å². The Hall–Kier alpha value is -0.860. The molecule has 2 heteroatoms. The van der Waals surface area contributed by atoms with Crippen molar-refractivity contribution in [2.75, 3.05) is 0 Å². The van der Waals surface area contributed by atoms with Gasteiger partial charge in [-0.2, -0.15) is 22.7 Å². The highest BCUT2D eigenvalue weighted by Gasteiger charge is 2.00. The fourth-order valence-electron chi connectivity index (χ4n) is 1.49. The Morgan fingerprint density at radius 1 is 0.667 bits per heavy atom. The van der Waals surface area contributed by atoms with Crippen LogP contribution in [0, 0.1) is 0 Å². The summed E-state index contributed by atoms with van der Waals surface area (Å²) >= 11 is 3.55. The summed E-state index contributed by atoms with van der Waals surface area (Å²) in [6.07, 6.45) is 0. The highest BCUT2D eigenvalue weighted by atomic mass is 32.1. The van der Waals surface area contributed by atoms with Gasteiger partial charge in [0, 0.05) is 10.8 Å². The van der Waals surface area contributed by atoms with Crippen LogP contribution in [-0.2, 0) is 0 Å². The zero-order chi connectivity index (χ0) is 7.97. The topological polar surface area (TPSA) is 0 Å². The zero-order valence-electron chi connectivity index (χ0n) is 6.28. The molecule has 2 heterocycles. The molecule has 3 aromatic rings. The van der Waals surface area contributed by atoms with Crippen LogP contribution in [0.3, 0.4) is 0 Å². The molecule has 0 bridgehead atoms. The average molecular weight is 190 g/mol. The van der Waals surface area contributed by atoms with Gasteiger partial charge in [0.15, 0.2) is 0 Å². The van der Waals surface area contributed by atoms with E-state index >= 15 is 0 Å². The molecule has 1 aromatic carbocycles. The standard InChI is InChI=1S/C10H6S2/c1-2-8-4-12-6-10(8)9-5-11-3-7(1)9/h1-6H. The van der Waals surface area contributed by atoms with Crippen LogP contribution in [-0.4, -0.2) is 0 Å². The van der Waals surface area contributed by atoms with Gasteiger partial charge in [0.05, 0.1) is 0 Å². The molecule has 0 radical (unpaired) electrons. The lowest BCUT2D eigenvalue weighted by atomic mass is 10.1. The first kappa shape index (κ1) is 6.63. The van der Waals surface area contributed by atoms with Crippen molar-refractivity contribution in [1.82, 2.24) is 0 Å². The lowest BCUT2D eigenvalue weighted by Crippen LogP contribution is -1.64. The number of rotatable bonds is 0. The number of hydrogen-bond donors (Lipinski definition) is 0. The summed E-state index contributed by atoms with van der Waals surface area (Å²) in [6, 6.07) is 4.39. The SMILES string of the molecule is c1cc2cscc2c2cscc12. The van der Waals surface area contributed by atoms with Crippen molar-refractivity contribution in [1.29, 1.82) is 0 Å². The van der Waals surface area contributed by atoms with Gasteiger partial charge in [0.25, 0.3) is 0 Å². The quantitative estimate of drug-likeness (QED) is 0.500. The molecule has 3 rings (SSSR count). The van der Waals surface area contributed by atoms with Crippen molar-refractivity contribution in [3.8, 4) is 0 Å². The van der Waals surface area contributed by atoms with Gasteiger partial charge in [-0.3, -0.25) is 0 Å². The maximum absolute atomic E-state index is 2.23. The van der Waals surface area contributed by atoms with Gasteiger partial charge >= 0.3 is 0 Å². The summed E-state index contributed by atoms with van der Waals surface area (Å²) in [5.74, 6) is 0. The first-order valence-corrected chi connectivity index (χ1v) is 5.64. The second kappa shape index (κ2) is 2.31. The van der Waals surface area contributed by atoms with E-state index in [0.717, 1.165) is 0 Å². The minimum absolute atomic E-state index is 1.37. The molecule has 2 aromatic heterocycles. The summed E-state index contributed by atoms with van der Waals surface area (Å²) in [5.41, 5.74) is 0. The monoisotopic (exact) mass is 190 g/mol. The zero-order valence-corrected chi connectivity index (χ0v) is 7.91. The molecule has 58 valence electrons. The van der Waals surface area contributed by atoms with E-state index in [1.165, 1.54) is 21.5 Å². The minimum Gasteiger partial charge on any atom is -0.151 e. The molecule has 0 spiro atoms. The molecule has 0 aliphatic carbocycles. The average Bonchev–Trinajstić information content (AvgIpc) is 2.71. The van der Waals surface area contributed by atoms with Crippen molar-refractivity contribution < 1.29 is 0 Å². The van der Waals surface area contributed by atoms with Gasteiger partial charge in [0.1, 0.15) is 0 Å². The van der Waals surface area contributed by atoms with Gasteiger partial charge < -0.3 is 0 Å². The molecular formula is C10H6S2.